The van der Waals surface area contributed by atoms with E-state index in [1.807, 2.05) is 55.5 Å². The van der Waals surface area contributed by atoms with Gasteiger partial charge in [-0.15, -0.1) is 0 Å². The van der Waals surface area contributed by atoms with E-state index in [2.05, 4.69) is 0 Å². The van der Waals surface area contributed by atoms with E-state index in [4.69, 9.17) is 14.2 Å². The molecule has 1 aliphatic heterocycles. The molecule has 1 N–H and O–H groups in total. The molecule has 0 spiro atoms. The van der Waals surface area contributed by atoms with E-state index >= 15 is 0 Å². The van der Waals surface area contributed by atoms with Crippen LogP contribution in [-0.4, -0.2) is 43.0 Å². The number of ether oxygens (including phenoxy) is 3. The maximum atomic E-state index is 13.4. The first-order chi connectivity index (χ1) is 16.9. The second-order valence-corrected chi connectivity index (χ2v) is 8.26. The topological polar surface area (TPSA) is 85.3 Å². The molecule has 7 nitrogen and oxygen atoms in total. The molecule has 1 aliphatic rings. The molecular weight excluding hydrogens is 446 g/mol. The Hall–Kier alpha value is -4.26. The molecule has 35 heavy (non-hydrogen) atoms. The monoisotopic (exact) mass is 473 g/mol. The lowest BCUT2D eigenvalue weighted by atomic mass is 9.94. The van der Waals surface area contributed by atoms with Crippen molar-refractivity contribution in [2.45, 2.75) is 19.5 Å². The molecule has 7 heteroatoms. The zero-order valence-corrected chi connectivity index (χ0v) is 20.1. The van der Waals surface area contributed by atoms with Crippen LogP contribution in [0.5, 0.6) is 17.2 Å². The van der Waals surface area contributed by atoms with Crippen LogP contribution in [-0.2, 0) is 16.1 Å². The summed E-state index contributed by atoms with van der Waals surface area (Å²) in [6.07, 6.45) is 0. The summed E-state index contributed by atoms with van der Waals surface area (Å²) in [7, 11) is 4.54. The molecule has 0 saturated carbocycles. The van der Waals surface area contributed by atoms with Gasteiger partial charge in [0.15, 0.2) is 0 Å². The third kappa shape index (κ3) is 4.57. The second kappa shape index (κ2) is 9.93. The van der Waals surface area contributed by atoms with Gasteiger partial charge in [0.25, 0.3) is 11.7 Å². The molecule has 3 aromatic carbocycles. The lowest BCUT2D eigenvalue weighted by Crippen LogP contribution is -2.29. The van der Waals surface area contributed by atoms with Crippen LogP contribution in [0.2, 0.25) is 0 Å². The van der Waals surface area contributed by atoms with Gasteiger partial charge in [0.05, 0.1) is 38.5 Å². The number of carbonyl (C=O) groups is 2. The quantitative estimate of drug-likeness (QED) is 0.306. The van der Waals surface area contributed by atoms with E-state index in [0.29, 0.717) is 17.2 Å². The van der Waals surface area contributed by atoms with Crippen LogP contribution in [0.3, 0.4) is 0 Å². The number of ketones is 1. The number of aryl methyl sites for hydroxylation is 1. The first kappa shape index (κ1) is 23.9. The van der Waals surface area contributed by atoms with E-state index in [1.54, 1.807) is 25.3 Å². The SMILES string of the molecule is COc1cccc(CN2C(=O)C(=O)/C(=C(/O)c3cc(OC)ccc3OC)C2c2cccc(C)c2)c1. The minimum absolute atomic E-state index is 0.00458. The van der Waals surface area contributed by atoms with Crippen molar-refractivity contribution in [3.05, 3.63) is 94.6 Å². The Labute approximate surface area is 204 Å². The normalized spacial score (nSPS) is 16.9. The first-order valence-electron chi connectivity index (χ1n) is 11.1. The fourth-order valence-electron chi connectivity index (χ4n) is 4.34. The van der Waals surface area contributed by atoms with Crippen molar-refractivity contribution in [1.82, 2.24) is 4.90 Å². The molecule has 1 unspecified atom stereocenters. The van der Waals surface area contributed by atoms with Crippen LogP contribution in [0.25, 0.3) is 5.76 Å². The summed E-state index contributed by atoms with van der Waals surface area (Å²) in [6, 6.07) is 19.0. The number of benzene rings is 3. The highest BCUT2D eigenvalue weighted by Gasteiger charge is 2.46. The number of nitrogens with zero attached hydrogens (tertiary/aromatic N) is 1. The summed E-state index contributed by atoms with van der Waals surface area (Å²) in [5, 5.41) is 11.4. The summed E-state index contributed by atoms with van der Waals surface area (Å²) >= 11 is 0. The average Bonchev–Trinajstić information content (AvgIpc) is 3.12. The lowest BCUT2D eigenvalue weighted by Gasteiger charge is -2.26. The Bertz CT molecular complexity index is 1310. The Kier molecular flexibility index (Phi) is 6.78. The Morgan fingerprint density at radius 3 is 2.29 bits per heavy atom. The summed E-state index contributed by atoms with van der Waals surface area (Å²) in [5.74, 6) is -0.300. The minimum Gasteiger partial charge on any atom is -0.507 e. The van der Waals surface area contributed by atoms with Crippen LogP contribution >= 0.6 is 0 Å². The highest BCUT2D eigenvalue weighted by atomic mass is 16.5. The average molecular weight is 474 g/mol. The molecule has 180 valence electrons. The Morgan fingerprint density at radius 1 is 0.886 bits per heavy atom. The molecule has 1 saturated heterocycles. The van der Waals surface area contributed by atoms with E-state index < -0.39 is 17.7 Å². The lowest BCUT2D eigenvalue weighted by molar-refractivity contribution is -0.140. The van der Waals surface area contributed by atoms with Crippen molar-refractivity contribution < 1.29 is 28.9 Å². The number of aliphatic hydroxyl groups excluding tert-OH is 1. The molecule has 1 heterocycles. The van der Waals surface area contributed by atoms with Crippen molar-refractivity contribution >= 4 is 17.4 Å². The van der Waals surface area contributed by atoms with E-state index in [-0.39, 0.29) is 23.4 Å². The van der Waals surface area contributed by atoms with Crippen LogP contribution in [0.15, 0.2) is 72.3 Å². The molecule has 1 atom stereocenters. The number of carbonyl (C=O) groups excluding carboxylic acids is 2. The van der Waals surface area contributed by atoms with Gasteiger partial charge in [0, 0.05) is 6.54 Å². The number of methoxy groups -OCH3 is 3. The molecular formula is C28H27NO6. The third-order valence-electron chi connectivity index (χ3n) is 6.05. The van der Waals surface area contributed by atoms with Gasteiger partial charge in [-0.3, -0.25) is 9.59 Å². The highest BCUT2D eigenvalue weighted by molar-refractivity contribution is 6.46. The van der Waals surface area contributed by atoms with Gasteiger partial charge in [0.2, 0.25) is 0 Å². The fourth-order valence-corrected chi connectivity index (χ4v) is 4.34. The predicted octanol–water partition coefficient (Wildman–Crippen LogP) is 4.64. The van der Waals surface area contributed by atoms with Crippen LogP contribution < -0.4 is 14.2 Å². The molecule has 1 amide bonds. The summed E-state index contributed by atoms with van der Waals surface area (Å²) in [4.78, 5) is 28.1. The molecule has 0 aliphatic carbocycles. The molecule has 1 fully saturated rings. The number of amides is 1. The minimum atomic E-state index is -0.794. The van der Waals surface area contributed by atoms with Gasteiger partial charge < -0.3 is 24.2 Å². The predicted molar refractivity (Wildman–Crippen MR) is 132 cm³/mol. The van der Waals surface area contributed by atoms with Crippen LogP contribution in [0.1, 0.15) is 28.3 Å². The Balaban J connectivity index is 1.90. The number of aliphatic hydroxyl groups is 1. The third-order valence-corrected chi connectivity index (χ3v) is 6.05. The number of Topliss-reactive ketones (excluding diaryl/α,β-unsaturated/α-hetero) is 1. The molecule has 4 rings (SSSR count). The van der Waals surface area contributed by atoms with Crippen molar-refractivity contribution in [1.29, 1.82) is 0 Å². The van der Waals surface area contributed by atoms with E-state index in [0.717, 1.165) is 16.7 Å². The maximum absolute atomic E-state index is 13.4. The fraction of sp³-hybridized carbons (Fsp3) is 0.214. The van der Waals surface area contributed by atoms with Crippen molar-refractivity contribution in [3.8, 4) is 17.2 Å². The van der Waals surface area contributed by atoms with Gasteiger partial charge >= 0.3 is 0 Å². The number of rotatable bonds is 7. The summed E-state index contributed by atoms with van der Waals surface area (Å²) in [6.45, 7) is 2.09. The second-order valence-electron chi connectivity index (χ2n) is 8.26. The highest BCUT2D eigenvalue weighted by Crippen LogP contribution is 2.42. The van der Waals surface area contributed by atoms with Gasteiger partial charge in [0.1, 0.15) is 23.0 Å². The standard InChI is InChI=1S/C28H27NO6/c1-17-7-5-9-19(13-17)25-24(26(30)22-15-21(34-3)11-12-23(22)35-4)27(31)28(32)29(25)16-18-8-6-10-20(14-18)33-2/h5-15,25,30H,16H2,1-4H3/b26-24+. The van der Waals surface area contributed by atoms with Gasteiger partial charge in [-0.05, 0) is 48.4 Å². The van der Waals surface area contributed by atoms with Crippen LogP contribution in [0.4, 0.5) is 0 Å². The van der Waals surface area contributed by atoms with E-state index in [9.17, 15) is 14.7 Å². The number of hydrogen-bond donors (Lipinski definition) is 1. The molecule has 0 radical (unpaired) electrons. The molecule has 0 bridgehead atoms. The maximum Gasteiger partial charge on any atom is 0.295 e. The smallest absolute Gasteiger partial charge is 0.295 e. The zero-order chi connectivity index (χ0) is 25.1. The largest absolute Gasteiger partial charge is 0.507 e. The van der Waals surface area contributed by atoms with Crippen molar-refractivity contribution in [3.63, 3.8) is 0 Å². The molecule has 3 aromatic rings. The Morgan fingerprint density at radius 2 is 1.60 bits per heavy atom. The zero-order valence-electron chi connectivity index (χ0n) is 20.1. The van der Waals surface area contributed by atoms with Crippen LogP contribution in [0, 0.1) is 6.92 Å². The molecule has 0 aromatic heterocycles. The number of likely N-dealkylation sites (tertiary alicyclic amines) is 1. The van der Waals surface area contributed by atoms with Gasteiger partial charge in [-0.25, -0.2) is 0 Å². The van der Waals surface area contributed by atoms with Crippen molar-refractivity contribution in [2.24, 2.45) is 0 Å². The summed E-state index contributed by atoms with van der Waals surface area (Å²) in [5.41, 5.74) is 2.74. The first-order valence-corrected chi connectivity index (χ1v) is 11.1. The van der Waals surface area contributed by atoms with E-state index in [1.165, 1.54) is 19.1 Å². The summed E-state index contributed by atoms with van der Waals surface area (Å²) < 4.78 is 16.0. The van der Waals surface area contributed by atoms with Gasteiger partial charge in [-0.1, -0.05) is 42.0 Å². The van der Waals surface area contributed by atoms with Crippen molar-refractivity contribution in [2.75, 3.05) is 21.3 Å². The van der Waals surface area contributed by atoms with Gasteiger partial charge in [-0.2, -0.15) is 0 Å². The number of hydrogen-bond acceptors (Lipinski definition) is 6.